The first-order chi connectivity index (χ1) is 12.0. The van der Waals surface area contributed by atoms with Gasteiger partial charge in [0.25, 0.3) is 10.2 Å². The highest BCUT2D eigenvalue weighted by Crippen LogP contribution is 2.26. The Morgan fingerprint density at radius 2 is 1.56 bits per heavy atom. The average molecular weight is 369 g/mol. The molecule has 0 atom stereocenters. The van der Waals surface area contributed by atoms with E-state index in [0.29, 0.717) is 45.1 Å². The van der Waals surface area contributed by atoms with E-state index in [2.05, 4.69) is 4.98 Å². The maximum absolute atomic E-state index is 12.8. The minimum atomic E-state index is -3.45. The van der Waals surface area contributed by atoms with Gasteiger partial charge in [-0.05, 0) is 18.9 Å². The van der Waals surface area contributed by atoms with E-state index in [4.69, 9.17) is 0 Å². The fraction of sp³-hybridized carbons (Fsp3) is 0.667. The van der Waals surface area contributed by atoms with Crippen LogP contribution in [0.4, 0.5) is 11.5 Å². The molecule has 0 amide bonds. The lowest BCUT2D eigenvalue weighted by Crippen LogP contribution is -2.53. The van der Waals surface area contributed by atoms with Crippen molar-refractivity contribution in [3.63, 3.8) is 0 Å². The lowest BCUT2D eigenvalue weighted by atomic mass is 10.2. The zero-order valence-corrected chi connectivity index (χ0v) is 14.9. The first kappa shape index (κ1) is 18.0. The molecule has 25 heavy (non-hydrogen) atoms. The first-order valence-corrected chi connectivity index (χ1v) is 9.99. The molecular formula is C15H23N5O4S. The zero-order chi connectivity index (χ0) is 17.9. The lowest BCUT2D eigenvalue weighted by Gasteiger charge is -2.36. The van der Waals surface area contributed by atoms with Gasteiger partial charge in [-0.15, -0.1) is 0 Å². The van der Waals surface area contributed by atoms with Gasteiger partial charge in [-0.1, -0.05) is 12.8 Å². The molecule has 2 aliphatic heterocycles. The topological polar surface area (TPSA) is 99.9 Å². The second kappa shape index (κ2) is 7.63. The van der Waals surface area contributed by atoms with Crippen molar-refractivity contribution in [1.82, 2.24) is 13.6 Å². The van der Waals surface area contributed by atoms with E-state index < -0.39 is 15.1 Å². The Morgan fingerprint density at radius 3 is 2.16 bits per heavy atom. The minimum absolute atomic E-state index is 0.0497. The Bertz CT molecular complexity index is 710. The Hall–Kier alpha value is -1.78. The summed E-state index contributed by atoms with van der Waals surface area (Å²) in [6.07, 6.45) is 5.47. The number of nitro groups is 1. The smallest absolute Gasteiger partial charge is 0.311 e. The Balaban J connectivity index is 1.68. The van der Waals surface area contributed by atoms with E-state index >= 15 is 0 Å². The van der Waals surface area contributed by atoms with Crippen molar-refractivity contribution < 1.29 is 13.3 Å². The van der Waals surface area contributed by atoms with E-state index in [9.17, 15) is 18.5 Å². The Kier molecular flexibility index (Phi) is 5.50. The van der Waals surface area contributed by atoms with Gasteiger partial charge in [0.1, 0.15) is 0 Å². The zero-order valence-electron chi connectivity index (χ0n) is 14.1. The summed E-state index contributed by atoms with van der Waals surface area (Å²) in [6.45, 7) is 2.57. The van der Waals surface area contributed by atoms with Gasteiger partial charge >= 0.3 is 5.69 Å². The molecule has 0 aromatic carbocycles. The van der Waals surface area contributed by atoms with Gasteiger partial charge in [-0.25, -0.2) is 4.98 Å². The summed E-state index contributed by atoms with van der Waals surface area (Å²) >= 11 is 0. The van der Waals surface area contributed by atoms with Crippen molar-refractivity contribution in [2.75, 3.05) is 44.2 Å². The van der Waals surface area contributed by atoms with E-state index in [1.807, 2.05) is 0 Å². The highest BCUT2D eigenvalue weighted by Gasteiger charge is 2.34. The van der Waals surface area contributed by atoms with E-state index in [-0.39, 0.29) is 5.69 Å². The number of nitrogens with zero attached hydrogens (tertiary/aromatic N) is 5. The molecule has 9 nitrogen and oxygen atoms in total. The Morgan fingerprint density at radius 1 is 0.960 bits per heavy atom. The molecule has 3 heterocycles. The third-order valence-electron chi connectivity index (χ3n) is 4.72. The molecule has 0 saturated carbocycles. The van der Waals surface area contributed by atoms with Gasteiger partial charge in [0.15, 0.2) is 0 Å². The van der Waals surface area contributed by atoms with Crippen LogP contribution in [0.1, 0.15) is 25.7 Å². The molecule has 1 aromatic heterocycles. The number of aromatic nitrogens is 1. The van der Waals surface area contributed by atoms with Crippen LogP contribution < -0.4 is 4.90 Å². The predicted molar refractivity (Wildman–Crippen MR) is 93.6 cm³/mol. The first-order valence-electron chi connectivity index (χ1n) is 8.60. The molecule has 0 radical (unpaired) electrons. The standard InChI is InChI=1S/C15H23N5O4S/c21-20(22)14-6-5-7-16-15(14)17-10-12-19(13-11-17)25(23,24)18-8-3-1-2-4-9-18/h5-7H,1-4,8-13H2. The van der Waals surface area contributed by atoms with Crippen LogP contribution in [0.3, 0.4) is 0 Å². The molecule has 3 rings (SSSR count). The summed E-state index contributed by atoms with van der Waals surface area (Å²) in [5.74, 6) is 0.305. The fourth-order valence-corrected chi connectivity index (χ4v) is 5.01. The third-order valence-corrected chi connectivity index (χ3v) is 6.75. The highest BCUT2D eigenvalue weighted by atomic mass is 32.2. The van der Waals surface area contributed by atoms with Gasteiger partial charge in [0, 0.05) is 51.5 Å². The molecule has 0 spiro atoms. The van der Waals surface area contributed by atoms with Crippen LogP contribution in [-0.4, -0.2) is 66.2 Å². The predicted octanol–water partition coefficient (Wildman–Crippen LogP) is 1.23. The molecule has 0 unspecified atom stereocenters. The van der Waals surface area contributed by atoms with Gasteiger partial charge < -0.3 is 4.90 Å². The normalized spacial score (nSPS) is 21.0. The molecule has 2 aliphatic rings. The van der Waals surface area contributed by atoms with Crippen LogP contribution in [-0.2, 0) is 10.2 Å². The van der Waals surface area contributed by atoms with Gasteiger partial charge in [0.05, 0.1) is 4.92 Å². The lowest BCUT2D eigenvalue weighted by molar-refractivity contribution is -0.384. The van der Waals surface area contributed by atoms with Crippen molar-refractivity contribution in [1.29, 1.82) is 0 Å². The molecule has 10 heteroatoms. The quantitative estimate of drug-likeness (QED) is 0.585. The van der Waals surface area contributed by atoms with Crippen molar-refractivity contribution in [3.8, 4) is 0 Å². The molecule has 2 saturated heterocycles. The number of piperazine rings is 1. The van der Waals surface area contributed by atoms with E-state index in [1.54, 1.807) is 9.21 Å². The van der Waals surface area contributed by atoms with Crippen molar-refractivity contribution in [2.24, 2.45) is 0 Å². The summed E-state index contributed by atoms with van der Waals surface area (Å²) in [6, 6.07) is 2.95. The van der Waals surface area contributed by atoms with Crippen LogP contribution in [0.25, 0.3) is 0 Å². The highest BCUT2D eigenvalue weighted by molar-refractivity contribution is 7.86. The van der Waals surface area contributed by atoms with E-state index in [1.165, 1.54) is 22.6 Å². The molecule has 0 bridgehead atoms. The molecule has 0 aliphatic carbocycles. The SMILES string of the molecule is O=[N+]([O-])c1cccnc1N1CCN(S(=O)(=O)N2CCCCCC2)CC1. The van der Waals surface area contributed by atoms with Gasteiger partial charge in [-0.3, -0.25) is 10.1 Å². The van der Waals surface area contributed by atoms with Crippen LogP contribution in [0.5, 0.6) is 0 Å². The monoisotopic (exact) mass is 369 g/mol. The van der Waals surface area contributed by atoms with Crippen molar-refractivity contribution in [2.45, 2.75) is 25.7 Å². The van der Waals surface area contributed by atoms with Crippen molar-refractivity contribution in [3.05, 3.63) is 28.4 Å². The second-order valence-corrected chi connectivity index (χ2v) is 8.24. The van der Waals surface area contributed by atoms with Crippen molar-refractivity contribution >= 4 is 21.7 Å². The molecule has 2 fully saturated rings. The van der Waals surface area contributed by atoms with Crippen LogP contribution in [0, 0.1) is 10.1 Å². The third kappa shape index (κ3) is 3.91. The van der Waals surface area contributed by atoms with Gasteiger partial charge in [-0.2, -0.15) is 17.0 Å². The molecule has 138 valence electrons. The maximum atomic E-state index is 12.8. The summed E-state index contributed by atoms with van der Waals surface area (Å²) in [5.41, 5.74) is -0.0497. The minimum Gasteiger partial charge on any atom is -0.348 e. The summed E-state index contributed by atoms with van der Waals surface area (Å²) < 4.78 is 28.7. The molecular weight excluding hydrogens is 346 g/mol. The molecule has 0 N–H and O–H groups in total. The second-order valence-electron chi connectivity index (χ2n) is 6.31. The largest absolute Gasteiger partial charge is 0.348 e. The number of anilines is 1. The van der Waals surface area contributed by atoms with Crippen LogP contribution >= 0.6 is 0 Å². The number of hydrogen-bond acceptors (Lipinski definition) is 6. The average Bonchev–Trinajstić information content (AvgIpc) is 2.92. The molecule has 1 aromatic rings. The Labute approximate surface area is 147 Å². The maximum Gasteiger partial charge on any atom is 0.311 e. The van der Waals surface area contributed by atoms with Gasteiger partial charge in [0.2, 0.25) is 5.82 Å². The number of hydrogen-bond donors (Lipinski definition) is 0. The number of pyridine rings is 1. The van der Waals surface area contributed by atoms with E-state index in [0.717, 1.165) is 25.7 Å². The summed E-state index contributed by atoms with van der Waals surface area (Å²) in [5, 5.41) is 11.2. The number of rotatable bonds is 4. The summed E-state index contributed by atoms with van der Waals surface area (Å²) in [7, 11) is -3.45. The summed E-state index contributed by atoms with van der Waals surface area (Å²) in [4.78, 5) is 16.6. The van der Waals surface area contributed by atoms with Crippen LogP contribution in [0.15, 0.2) is 18.3 Å². The van der Waals surface area contributed by atoms with Crippen LogP contribution in [0.2, 0.25) is 0 Å². The fourth-order valence-electron chi connectivity index (χ4n) is 3.34.